The maximum atomic E-state index is 11.6. The molecule has 4 heteroatoms. The number of aliphatic hydroxyl groups excluding tert-OH is 2. The average molecular weight is 264 g/mol. The topological polar surface area (TPSA) is 66.8 Å². The Labute approximate surface area is 112 Å². The van der Waals surface area contributed by atoms with Gasteiger partial charge in [0.25, 0.3) is 0 Å². The van der Waals surface area contributed by atoms with E-state index >= 15 is 0 Å². The summed E-state index contributed by atoms with van der Waals surface area (Å²) in [5, 5.41) is 20.3. The molecule has 104 valence electrons. The van der Waals surface area contributed by atoms with E-state index in [2.05, 4.69) is 6.58 Å². The Kier molecular flexibility index (Phi) is 2.67. The van der Waals surface area contributed by atoms with Gasteiger partial charge in [0.2, 0.25) is 0 Å². The lowest BCUT2D eigenvalue weighted by atomic mass is 9.55. The molecule has 19 heavy (non-hydrogen) atoms. The zero-order chi connectivity index (χ0) is 13.9. The fourth-order valence-corrected chi connectivity index (χ4v) is 4.15. The van der Waals surface area contributed by atoms with Crippen LogP contribution < -0.4 is 0 Å². The molecule has 0 radical (unpaired) electrons. The Morgan fingerprint density at radius 1 is 1.47 bits per heavy atom. The van der Waals surface area contributed by atoms with Gasteiger partial charge in [0.05, 0.1) is 12.2 Å². The lowest BCUT2D eigenvalue weighted by Crippen LogP contribution is -2.54. The molecule has 0 aromatic carbocycles. The highest BCUT2D eigenvalue weighted by molar-refractivity contribution is 5.90. The quantitative estimate of drug-likeness (QED) is 0.392. The van der Waals surface area contributed by atoms with Crippen molar-refractivity contribution in [3.63, 3.8) is 0 Å². The lowest BCUT2D eigenvalue weighted by molar-refractivity contribution is -0.148. The molecular weight excluding hydrogens is 244 g/mol. The Balaban J connectivity index is 1.98. The highest BCUT2D eigenvalue weighted by Gasteiger charge is 2.56. The first-order valence-electron chi connectivity index (χ1n) is 6.79. The Morgan fingerprint density at radius 2 is 2.16 bits per heavy atom. The summed E-state index contributed by atoms with van der Waals surface area (Å²) in [5.74, 6) is -0.0938. The summed E-state index contributed by atoms with van der Waals surface area (Å²) in [5.41, 5.74) is 1.20. The Hall–Kier alpha value is -1.13. The lowest BCUT2D eigenvalue weighted by Gasteiger charge is -2.51. The van der Waals surface area contributed by atoms with Crippen LogP contribution in [0.5, 0.6) is 0 Å². The minimum Gasteiger partial charge on any atom is -0.458 e. The molecule has 2 aliphatic carbocycles. The number of rotatable bonds is 0. The predicted octanol–water partition coefficient (Wildman–Crippen LogP) is 1.18. The monoisotopic (exact) mass is 264 g/mol. The van der Waals surface area contributed by atoms with Gasteiger partial charge in [-0.25, -0.2) is 4.79 Å². The standard InChI is InChI=1S/C15H20O4/c1-7-4-11(16)13(17)15(3)6-12-9(5-10(7)15)8(2)14(18)19-12/h4,9-13,16-17H,2,5-6H2,1,3H3/t9-,10+,11-,12-,13+,15-/m1/s1. The van der Waals surface area contributed by atoms with E-state index in [0.717, 1.165) is 12.0 Å². The normalized spacial score (nSPS) is 49.3. The van der Waals surface area contributed by atoms with Crippen molar-refractivity contribution < 1.29 is 19.7 Å². The summed E-state index contributed by atoms with van der Waals surface area (Å²) in [6.07, 6.45) is 1.23. The molecule has 1 aliphatic heterocycles. The molecule has 4 nitrogen and oxygen atoms in total. The van der Waals surface area contributed by atoms with Crippen molar-refractivity contribution >= 4 is 5.97 Å². The fourth-order valence-electron chi connectivity index (χ4n) is 4.15. The Bertz CT molecular complexity index is 481. The highest BCUT2D eigenvalue weighted by atomic mass is 16.6. The molecule has 1 saturated carbocycles. The SMILES string of the molecule is C=C1C(=O)O[C@@H]2C[C@]3(C)[C@@H](C[C@H]12)C(C)=C[C@@H](O)[C@@H]3O. The zero-order valence-electron chi connectivity index (χ0n) is 11.3. The van der Waals surface area contributed by atoms with E-state index in [1.54, 1.807) is 6.08 Å². The van der Waals surface area contributed by atoms with Crippen molar-refractivity contribution in [2.45, 2.75) is 45.0 Å². The van der Waals surface area contributed by atoms with E-state index in [1.807, 2.05) is 13.8 Å². The molecule has 0 aromatic heterocycles. The maximum absolute atomic E-state index is 11.6. The van der Waals surface area contributed by atoms with E-state index in [1.165, 1.54) is 0 Å². The number of ether oxygens (including phenoxy) is 1. The van der Waals surface area contributed by atoms with Crippen LogP contribution >= 0.6 is 0 Å². The summed E-state index contributed by atoms with van der Waals surface area (Å²) in [7, 11) is 0. The van der Waals surface area contributed by atoms with Gasteiger partial charge in [-0.2, -0.15) is 0 Å². The third-order valence-electron chi connectivity index (χ3n) is 5.33. The molecule has 0 unspecified atom stereocenters. The minimum absolute atomic E-state index is 0.0522. The van der Waals surface area contributed by atoms with Crippen molar-refractivity contribution in [1.82, 2.24) is 0 Å². The highest BCUT2D eigenvalue weighted by Crippen LogP contribution is 2.55. The van der Waals surface area contributed by atoms with Gasteiger partial charge >= 0.3 is 5.97 Å². The maximum Gasteiger partial charge on any atom is 0.334 e. The summed E-state index contributed by atoms with van der Waals surface area (Å²) >= 11 is 0. The fraction of sp³-hybridized carbons (Fsp3) is 0.667. The summed E-state index contributed by atoms with van der Waals surface area (Å²) in [4.78, 5) is 11.6. The van der Waals surface area contributed by atoms with Crippen LogP contribution in [0.15, 0.2) is 23.8 Å². The van der Waals surface area contributed by atoms with E-state index in [4.69, 9.17) is 4.74 Å². The molecule has 3 rings (SSSR count). The summed E-state index contributed by atoms with van der Waals surface area (Å²) < 4.78 is 5.36. The number of esters is 1. The molecule has 1 saturated heterocycles. The van der Waals surface area contributed by atoms with E-state index in [9.17, 15) is 15.0 Å². The molecule has 3 aliphatic rings. The third kappa shape index (κ3) is 1.63. The summed E-state index contributed by atoms with van der Waals surface area (Å²) in [6.45, 7) is 7.80. The predicted molar refractivity (Wildman–Crippen MR) is 69.1 cm³/mol. The van der Waals surface area contributed by atoms with E-state index < -0.39 is 17.6 Å². The first kappa shape index (κ1) is 12.9. The van der Waals surface area contributed by atoms with Crippen LogP contribution in [0.25, 0.3) is 0 Å². The molecule has 2 fully saturated rings. The van der Waals surface area contributed by atoms with Gasteiger partial charge in [-0.05, 0) is 25.7 Å². The van der Waals surface area contributed by atoms with Crippen LogP contribution in [0.3, 0.4) is 0 Å². The van der Waals surface area contributed by atoms with Crippen molar-refractivity contribution in [1.29, 1.82) is 0 Å². The van der Waals surface area contributed by atoms with Crippen LogP contribution in [0.4, 0.5) is 0 Å². The number of hydrogen-bond donors (Lipinski definition) is 2. The molecule has 0 amide bonds. The van der Waals surface area contributed by atoms with Gasteiger partial charge < -0.3 is 14.9 Å². The largest absolute Gasteiger partial charge is 0.458 e. The molecule has 2 N–H and O–H groups in total. The second kappa shape index (κ2) is 3.93. The second-order valence-electron chi connectivity index (χ2n) is 6.42. The van der Waals surface area contributed by atoms with Crippen molar-refractivity contribution in [2.24, 2.45) is 17.3 Å². The van der Waals surface area contributed by atoms with Gasteiger partial charge in [-0.15, -0.1) is 0 Å². The van der Waals surface area contributed by atoms with Crippen molar-refractivity contribution in [2.75, 3.05) is 0 Å². The van der Waals surface area contributed by atoms with Crippen LogP contribution in [-0.2, 0) is 9.53 Å². The molecule has 0 bridgehead atoms. The number of carbonyl (C=O) groups excluding carboxylic acids is 1. The number of allylic oxidation sites excluding steroid dienone is 1. The molecule has 6 atom stereocenters. The molecule has 0 spiro atoms. The van der Waals surface area contributed by atoms with Gasteiger partial charge in [0, 0.05) is 16.9 Å². The van der Waals surface area contributed by atoms with Crippen LogP contribution in [0.1, 0.15) is 26.7 Å². The second-order valence-corrected chi connectivity index (χ2v) is 6.42. The zero-order valence-corrected chi connectivity index (χ0v) is 11.3. The minimum atomic E-state index is -0.835. The van der Waals surface area contributed by atoms with Gasteiger partial charge in [0.1, 0.15) is 6.10 Å². The molecule has 0 aromatic rings. The van der Waals surface area contributed by atoms with Crippen molar-refractivity contribution in [3.8, 4) is 0 Å². The van der Waals surface area contributed by atoms with Crippen LogP contribution in [-0.4, -0.2) is 34.5 Å². The Morgan fingerprint density at radius 3 is 2.84 bits per heavy atom. The van der Waals surface area contributed by atoms with Crippen LogP contribution in [0, 0.1) is 17.3 Å². The molecule has 1 heterocycles. The number of fused-ring (bicyclic) bond motifs is 2. The first-order valence-corrected chi connectivity index (χ1v) is 6.79. The number of aliphatic hydroxyl groups is 2. The smallest absolute Gasteiger partial charge is 0.334 e. The number of hydrogen-bond acceptors (Lipinski definition) is 4. The van der Waals surface area contributed by atoms with Gasteiger partial charge in [-0.1, -0.05) is 25.2 Å². The first-order chi connectivity index (χ1) is 8.84. The van der Waals surface area contributed by atoms with Gasteiger partial charge in [0.15, 0.2) is 0 Å². The van der Waals surface area contributed by atoms with Crippen molar-refractivity contribution in [3.05, 3.63) is 23.8 Å². The van der Waals surface area contributed by atoms with E-state index in [0.29, 0.717) is 12.0 Å². The van der Waals surface area contributed by atoms with Crippen LogP contribution in [0.2, 0.25) is 0 Å². The number of carbonyl (C=O) groups is 1. The third-order valence-corrected chi connectivity index (χ3v) is 5.33. The molecular formula is C15H20O4. The summed E-state index contributed by atoms with van der Waals surface area (Å²) in [6, 6.07) is 0. The van der Waals surface area contributed by atoms with Gasteiger partial charge in [-0.3, -0.25) is 0 Å². The average Bonchev–Trinajstić information content (AvgIpc) is 2.60. The van der Waals surface area contributed by atoms with E-state index in [-0.39, 0.29) is 23.9 Å².